The number of rotatable bonds is 3. The van der Waals surface area contributed by atoms with Crippen molar-refractivity contribution in [2.45, 2.75) is 37.8 Å². The van der Waals surface area contributed by atoms with E-state index in [1.165, 1.54) is 23.5 Å². The molecule has 0 aliphatic heterocycles. The Bertz CT molecular complexity index is 645. The van der Waals surface area contributed by atoms with E-state index < -0.39 is 0 Å². The number of carbonyl (C=O) groups excluding carboxylic acids is 1. The summed E-state index contributed by atoms with van der Waals surface area (Å²) in [5, 5.41) is 5.02. The Hall–Kier alpha value is -1.72. The maximum Gasteiger partial charge on any atom is 0.261 e. The van der Waals surface area contributed by atoms with Gasteiger partial charge >= 0.3 is 0 Å². The van der Waals surface area contributed by atoms with Crippen molar-refractivity contribution < 1.29 is 9.18 Å². The Labute approximate surface area is 133 Å². The molecule has 1 amide bonds. The Morgan fingerprint density at radius 2 is 1.82 bits per heavy atom. The van der Waals surface area contributed by atoms with Crippen LogP contribution in [0.2, 0.25) is 0 Å². The molecule has 1 aromatic heterocycles. The molecule has 1 fully saturated rings. The number of halogens is 1. The third kappa shape index (κ3) is 3.54. The smallest absolute Gasteiger partial charge is 0.261 e. The molecule has 3 nitrogen and oxygen atoms in total. The molecule has 1 aromatic carbocycles. The molecule has 116 valence electrons. The topological polar surface area (TPSA) is 55.1 Å². The van der Waals surface area contributed by atoms with E-state index in [2.05, 4.69) is 5.32 Å². The second-order valence-electron chi connectivity index (χ2n) is 5.79. The molecule has 22 heavy (non-hydrogen) atoms. The van der Waals surface area contributed by atoms with E-state index in [0.29, 0.717) is 4.88 Å². The lowest BCUT2D eigenvalue weighted by Crippen LogP contribution is -2.40. The Kier molecular flexibility index (Phi) is 4.55. The summed E-state index contributed by atoms with van der Waals surface area (Å²) >= 11 is 1.42. The van der Waals surface area contributed by atoms with E-state index in [1.54, 1.807) is 12.1 Å². The van der Waals surface area contributed by atoms with Gasteiger partial charge in [-0.15, -0.1) is 11.3 Å². The van der Waals surface area contributed by atoms with Crippen LogP contribution in [0.5, 0.6) is 0 Å². The first kappa shape index (κ1) is 15.2. The van der Waals surface area contributed by atoms with Gasteiger partial charge in [0.25, 0.3) is 5.91 Å². The van der Waals surface area contributed by atoms with Crippen LogP contribution in [0.4, 0.5) is 4.39 Å². The summed E-state index contributed by atoms with van der Waals surface area (Å²) in [6.07, 6.45) is 3.83. The predicted molar refractivity (Wildman–Crippen MR) is 87.4 cm³/mol. The largest absolute Gasteiger partial charge is 0.349 e. The second kappa shape index (κ2) is 6.58. The molecule has 1 saturated carbocycles. The van der Waals surface area contributed by atoms with Gasteiger partial charge < -0.3 is 11.1 Å². The third-order valence-electron chi connectivity index (χ3n) is 4.11. The summed E-state index contributed by atoms with van der Waals surface area (Å²) in [5.41, 5.74) is 7.74. The summed E-state index contributed by atoms with van der Waals surface area (Å²) in [6.45, 7) is 0. The maximum absolute atomic E-state index is 13.0. The van der Waals surface area contributed by atoms with Gasteiger partial charge in [-0.3, -0.25) is 4.79 Å². The minimum absolute atomic E-state index is 0.0289. The Balaban J connectivity index is 1.65. The maximum atomic E-state index is 13.0. The van der Waals surface area contributed by atoms with Crippen molar-refractivity contribution in [3.8, 4) is 11.1 Å². The Morgan fingerprint density at radius 3 is 2.50 bits per heavy atom. The van der Waals surface area contributed by atoms with Crippen molar-refractivity contribution in [3.05, 3.63) is 46.4 Å². The molecule has 0 radical (unpaired) electrons. The van der Waals surface area contributed by atoms with Crippen LogP contribution in [0, 0.1) is 5.82 Å². The average Bonchev–Trinajstić information content (AvgIpc) is 3.00. The van der Waals surface area contributed by atoms with Crippen LogP contribution in [-0.4, -0.2) is 18.0 Å². The molecule has 0 atom stereocenters. The van der Waals surface area contributed by atoms with E-state index in [0.717, 1.165) is 36.8 Å². The molecule has 5 heteroatoms. The van der Waals surface area contributed by atoms with Gasteiger partial charge in [0.15, 0.2) is 0 Å². The SMILES string of the molecule is NC1CCC(NC(=O)c2cc(-c3ccc(F)cc3)cs2)CC1. The van der Waals surface area contributed by atoms with Crippen LogP contribution in [0.25, 0.3) is 11.1 Å². The van der Waals surface area contributed by atoms with Crippen molar-refractivity contribution in [2.24, 2.45) is 5.73 Å². The van der Waals surface area contributed by atoms with E-state index in [9.17, 15) is 9.18 Å². The van der Waals surface area contributed by atoms with Gasteiger partial charge in [0.2, 0.25) is 0 Å². The summed E-state index contributed by atoms with van der Waals surface area (Å²) < 4.78 is 13.0. The molecular weight excluding hydrogens is 299 g/mol. The van der Waals surface area contributed by atoms with Crippen LogP contribution in [0.15, 0.2) is 35.7 Å². The molecule has 1 aliphatic rings. The lowest BCUT2D eigenvalue weighted by molar-refractivity contribution is 0.0930. The quantitative estimate of drug-likeness (QED) is 0.909. The lowest BCUT2D eigenvalue weighted by atomic mass is 9.92. The zero-order valence-electron chi connectivity index (χ0n) is 12.2. The number of carbonyl (C=O) groups is 1. The number of hydrogen-bond acceptors (Lipinski definition) is 3. The van der Waals surface area contributed by atoms with Gasteiger partial charge in [-0.2, -0.15) is 0 Å². The molecule has 1 heterocycles. The van der Waals surface area contributed by atoms with Crippen LogP contribution < -0.4 is 11.1 Å². The number of nitrogens with two attached hydrogens (primary N) is 1. The Morgan fingerprint density at radius 1 is 1.14 bits per heavy atom. The highest BCUT2D eigenvalue weighted by Crippen LogP contribution is 2.26. The molecule has 2 aromatic rings. The highest BCUT2D eigenvalue weighted by molar-refractivity contribution is 7.12. The van der Waals surface area contributed by atoms with Crippen LogP contribution in [0.3, 0.4) is 0 Å². The number of hydrogen-bond donors (Lipinski definition) is 2. The van der Waals surface area contributed by atoms with Crippen molar-refractivity contribution in [2.75, 3.05) is 0 Å². The molecule has 3 N–H and O–H groups in total. The second-order valence-corrected chi connectivity index (χ2v) is 6.70. The first-order valence-electron chi connectivity index (χ1n) is 7.53. The monoisotopic (exact) mass is 318 g/mol. The summed E-state index contributed by atoms with van der Waals surface area (Å²) in [5.74, 6) is -0.286. The highest BCUT2D eigenvalue weighted by atomic mass is 32.1. The normalized spacial score (nSPS) is 21.5. The minimum atomic E-state index is -0.257. The summed E-state index contributed by atoms with van der Waals surface area (Å²) in [4.78, 5) is 13.0. The van der Waals surface area contributed by atoms with Gasteiger partial charge in [0, 0.05) is 12.1 Å². The lowest BCUT2D eigenvalue weighted by Gasteiger charge is -2.26. The minimum Gasteiger partial charge on any atom is -0.349 e. The molecule has 1 aliphatic carbocycles. The molecule has 3 rings (SSSR count). The third-order valence-corrected chi connectivity index (χ3v) is 5.04. The van der Waals surface area contributed by atoms with E-state index in [-0.39, 0.29) is 23.8 Å². The number of amides is 1. The standard InChI is InChI=1S/C17H19FN2OS/c18-13-3-1-11(2-4-13)12-9-16(22-10-12)17(21)20-15-7-5-14(19)6-8-15/h1-4,9-10,14-15H,5-8,19H2,(H,20,21). The zero-order valence-corrected chi connectivity index (χ0v) is 13.0. The molecule has 0 saturated heterocycles. The zero-order chi connectivity index (χ0) is 15.5. The van der Waals surface area contributed by atoms with Crippen LogP contribution in [0.1, 0.15) is 35.4 Å². The van der Waals surface area contributed by atoms with Crippen molar-refractivity contribution in [1.29, 1.82) is 0 Å². The highest BCUT2D eigenvalue weighted by Gasteiger charge is 2.21. The van der Waals surface area contributed by atoms with E-state index in [1.807, 2.05) is 11.4 Å². The first-order chi connectivity index (χ1) is 10.6. The molecular formula is C17H19FN2OS. The van der Waals surface area contributed by atoms with Crippen LogP contribution >= 0.6 is 11.3 Å². The van der Waals surface area contributed by atoms with Crippen LogP contribution in [-0.2, 0) is 0 Å². The van der Waals surface area contributed by atoms with Crippen molar-refractivity contribution >= 4 is 17.2 Å². The number of nitrogens with one attached hydrogen (secondary N) is 1. The van der Waals surface area contributed by atoms with Gasteiger partial charge in [-0.05, 0) is 60.4 Å². The van der Waals surface area contributed by atoms with Gasteiger partial charge in [0.05, 0.1) is 4.88 Å². The average molecular weight is 318 g/mol. The van der Waals surface area contributed by atoms with Gasteiger partial charge in [-0.1, -0.05) is 12.1 Å². The van der Waals surface area contributed by atoms with E-state index >= 15 is 0 Å². The van der Waals surface area contributed by atoms with Crippen molar-refractivity contribution in [1.82, 2.24) is 5.32 Å². The van der Waals surface area contributed by atoms with E-state index in [4.69, 9.17) is 5.73 Å². The fourth-order valence-corrected chi connectivity index (χ4v) is 3.59. The predicted octanol–water partition coefficient (Wildman–Crippen LogP) is 3.55. The fourth-order valence-electron chi connectivity index (χ4n) is 2.77. The van der Waals surface area contributed by atoms with Crippen molar-refractivity contribution in [3.63, 3.8) is 0 Å². The summed E-state index contributed by atoms with van der Waals surface area (Å²) in [6, 6.07) is 8.67. The fraction of sp³-hybridized carbons (Fsp3) is 0.353. The number of benzene rings is 1. The number of thiophene rings is 1. The van der Waals surface area contributed by atoms with Gasteiger partial charge in [-0.25, -0.2) is 4.39 Å². The molecule has 0 unspecified atom stereocenters. The molecule has 0 bridgehead atoms. The first-order valence-corrected chi connectivity index (χ1v) is 8.40. The molecule has 0 spiro atoms. The summed E-state index contributed by atoms with van der Waals surface area (Å²) in [7, 11) is 0. The van der Waals surface area contributed by atoms with Gasteiger partial charge in [0.1, 0.15) is 5.82 Å².